The van der Waals surface area contributed by atoms with E-state index >= 15 is 0 Å². The molecule has 0 aliphatic carbocycles. The molecule has 2 saturated heterocycles. The number of piperidine rings is 1. The number of hydrogen-bond acceptors (Lipinski definition) is 5. The minimum absolute atomic E-state index is 0.125. The molecule has 2 aliphatic rings. The Bertz CT molecular complexity index is 368. The molecule has 2 N–H and O–H groups in total. The summed E-state index contributed by atoms with van der Waals surface area (Å²) in [6.45, 7) is 2.93. The van der Waals surface area contributed by atoms with Crippen LogP contribution in [0.25, 0.3) is 0 Å². The zero-order valence-corrected chi connectivity index (χ0v) is 12.1. The van der Waals surface area contributed by atoms with Gasteiger partial charge in [-0.2, -0.15) is 4.31 Å². The molecule has 1 atom stereocenters. The van der Waals surface area contributed by atoms with Crippen molar-refractivity contribution in [1.29, 1.82) is 0 Å². The fraction of sp³-hybridized carbons (Fsp3) is 1.00. The van der Waals surface area contributed by atoms with E-state index in [2.05, 4.69) is 5.32 Å². The third-order valence-corrected chi connectivity index (χ3v) is 5.81. The van der Waals surface area contributed by atoms with Crippen molar-refractivity contribution in [3.8, 4) is 0 Å². The number of nitrogens with one attached hydrogen (secondary N) is 1. The van der Waals surface area contributed by atoms with Crippen LogP contribution in [0.15, 0.2) is 0 Å². The van der Waals surface area contributed by atoms with Gasteiger partial charge in [-0.05, 0) is 38.3 Å². The van der Waals surface area contributed by atoms with E-state index in [9.17, 15) is 8.42 Å². The van der Waals surface area contributed by atoms with Crippen molar-refractivity contribution < 1.29 is 18.3 Å². The third-order valence-electron chi connectivity index (χ3n) is 3.94. The summed E-state index contributed by atoms with van der Waals surface area (Å²) in [5.41, 5.74) is 0. The van der Waals surface area contributed by atoms with Crippen molar-refractivity contribution in [2.45, 2.75) is 25.4 Å². The number of aliphatic hydroxyl groups excluding tert-OH is 1. The molecule has 2 heterocycles. The first kappa shape index (κ1) is 15.2. The molecule has 0 spiro atoms. The van der Waals surface area contributed by atoms with Crippen LogP contribution in [-0.4, -0.2) is 69.1 Å². The Morgan fingerprint density at radius 2 is 2.05 bits per heavy atom. The lowest BCUT2D eigenvalue weighted by Crippen LogP contribution is -2.47. The summed E-state index contributed by atoms with van der Waals surface area (Å²) in [6.07, 6.45) is 2.50. The zero-order chi connectivity index (χ0) is 13.7. The van der Waals surface area contributed by atoms with Gasteiger partial charge in [0.1, 0.15) is 0 Å². The molecule has 0 amide bonds. The highest BCUT2D eigenvalue weighted by atomic mass is 32.2. The maximum atomic E-state index is 12.3. The summed E-state index contributed by atoms with van der Waals surface area (Å²) in [4.78, 5) is 0. The quantitative estimate of drug-likeness (QED) is 0.707. The molecule has 0 aromatic rings. The molecule has 2 rings (SSSR count). The van der Waals surface area contributed by atoms with Crippen molar-refractivity contribution in [1.82, 2.24) is 9.62 Å². The van der Waals surface area contributed by atoms with Crippen LogP contribution < -0.4 is 5.32 Å². The van der Waals surface area contributed by atoms with E-state index in [-0.39, 0.29) is 25.0 Å². The fourth-order valence-corrected chi connectivity index (χ4v) is 4.31. The summed E-state index contributed by atoms with van der Waals surface area (Å²) >= 11 is 0. The molecule has 0 radical (unpaired) electrons. The normalized spacial score (nSPS) is 27.5. The highest BCUT2D eigenvalue weighted by Gasteiger charge is 2.29. The van der Waals surface area contributed by atoms with Crippen LogP contribution in [0.4, 0.5) is 0 Å². The molecular weight excluding hydrogens is 268 g/mol. The lowest BCUT2D eigenvalue weighted by molar-refractivity contribution is -0.0304. The molecule has 0 saturated carbocycles. The van der Waals surface area contributed by atoms with Crippen LogP contribution in [0.3, 0.4) is 0 Å². The van der Waals surface area contributed by atoms with Gasteiger partial charge >= 0.3 is 0 Å². The Balaban J connectivity index is 1.83. The summed E-state index contributed by atoms with van der Waals surface area (Å²) in [5.74, 6) is 0.737. The topological polar surface area (TPSA) is 78.9 Å². The van der Waals surface area contributed by atoms with Crippen molar-refractivity contribution in [3.63, 3.8) is 0 Å². The van der Waals surface area contributed by atoms with Crippen molar-refractivity contribution in [2.24, 2.45) is 5.92 Å². The average molecular weight is 292 g/mol. The predicted octanol–water partition coefficient (Wildman–Crippen LogP) is -0.601. The Morgan fingerprint density at radius 3 is 2.74 bits per heavy atom. The fourth-order valence-electron chi connectivity index (χ4n) is 2.67. The van der Waals surface area contributed by atoms with Gasteiger partial charge in [-0.25, -0.2) is 8.42 Å². The number of aliphatic hydroxyl groups is 1. The van der Waals surface area contributed by atoms with Crippen LogP contribution in [0.5, 0.6) is 0 Å². The van der Waals surface area contributed by atoms with Gasteiger partial charge < -0.3 is 15.2 Å². The van der Waals surface area contributed by atoms with E-state index in [1.54, 1.807) is 0 Å². The summed E-state index contributed by atoms with van der Waals surface area (Å²) < 4.78 is 31.3. The summed E-state index contributed by atoms with van der Waals surface area (Å²) in [7, 11) is -3.20. The minimum Gasteiger partial charge on any atom is -0.394 e. The second-order valence-electron chi connectivity index (χ2n) is 5.33. The number of morpholine rings is 1. The molecule has 1 unspecified atom stereocenters. The maximum Gasteiger partial charge on any atom is 0.214 e. The Kier molecular flexibility index (Phi) is 5.58. The lowest BCUT2D eigenvalue weighted by Gasteiger charge is -2.32. The van der Waals surface area contributed by atoms with Crippen LogP contribution in [-0.2, 0) is 14.8 Å². The van der Waals surface area contributed by atoms with Crippen molar-refractivity contribution in [3.05, 3.63) is 0 Å². The second-order valence-corrected chi connectivity index (χ2v) is 7.42. The molecule has 112 valence electrons. The van der Waals surface area contributed by atoms with Crippen molar-refractivity contribution in [2.75, 3.05) is 45.1 Å². The van der Waals surface area contributed by atoms with Gasteiger partial charge in [0.25, 0.3) is 0 Å². The first-order valence-corrected chi connectivity index (χ1v) is 8.64. The Hall–Kier alpha value is -0.210. The Morgan fingerprint density at radius 1 is 1.32 bits per heavy atom. The smallest absolute Gasteiger partial charge is 0.214 e. The molecule has 0 aromatic carbocycles. The van der Waals surface area contributed by atoms with Crippen LogP contribution in [0.2, 0.25) is 0 Å². The summed E-state index contributed by atoms with van der Waals surface area (Å²) in [6, 6.07) is 0. The number of nitrogens with zero attached hydrogens (tertiary/aromatic N) is 1. The molecule has 6 nitrogen and oxygen atoms in total. The van der Waals surface area contributed by atoms with Crippen LogP contribution in [0, 0.1) is 5.92 Å². The maximum absolute atomic E-state index is 12.3. The van der Waals surface area contributed by atoms with Gasteiger partial charge in [-0.1, -0.05) is 0 Å². The average Bonchev–Trinajstić information content (AvgIpc) is 2.46. The minimum atomic E-state index is -3.20. The molecule has 19 heavy (non-hydrogen) atoms. The SMILES string of the molecule is O=S(=O)(CCC1CCNCC1)N1CCOC(CO)C1. The van der Waals surface area contributed by atoms with E-state index in [4.69, 9.17) is 9.84 Å². The molecule has 2 fully saturated rings. The molecule has 0 aromatic heterocycles. The number of rotatable bonds is 5. The monoisotopic (exact) mass is 292 g/mol. The number of sulfonamides is 1. The third kappa shape index (κ3) is 4.39. The van der Waals surface area contributed by atoms with Crippen LogP contribution in [0.1, 0.15) is 19.3 Å². The van der Waals surface area contributed by atoms with Gasteiger partial charge in [-0.3, -0.25) is 0 Å². The van der Waals surface area contributed by atoms with Gasteiger partial charge in [0.15, 0.2) is 0 Å². The predicted molar refractivity (Wildman–Crippen MR) is 72.4 cm³/mol. The second kappa shape index (κ2) is 6.99. The molecule has 2 aliphatic heterocycles. The zero-order valence-electron chi connectivity index (χ0n) is 11.3. The largest absolute Gasteiger partial charge is 0.394 e. The first-order chi connectivity index (χ1) is 9.12. The van der Waals surface area contributed by atoms with Gasteiger partial charge in [-0.15, -0.1) is 0 Å². The van der Waals surface area contributed by atoms with E-state index in [0.717, 1.165) is 32.4 Å². The molecule has 7 heteroatoms. The first-order valence-electron chi connectivity index (χ1n) is 7.03. The van der Waals surface area contributed by atoms with Gasteiger partial charge in [0, 0.05) is 13.1 Å². The van der Waals surface area contributed by atoms with Crippen molar-refractivity contribution >= 4 is 10.0 Å². The van der Waals surface area contributed by atoms with E-state index < -0.39 is 10.0 Å². The van der Waals surface area contributed by atoms with Crippen LogP contribution >= 0.6 is 0 Å². The summed E-state index contributed by atoms with van der Waals surface area (Å²) in [5, 5.41) is 12.3. The standard InChI is InChI=1S/C12H24N2O4S/c15-10-12-9-14(6-7-18-12)19(16,17)8-3-11-1-4-13-5-2-11/h11-13,15H,1-10H2. The number of hydrogen-bond donors (Lipinski definition) is 2. The highest BCUT2D eigenvalue weighted by Crippen LogP contribution is 2.19. The van der Waals surface area contributed by atoms with Gasteiger partial charge in [0.2, 0.25) is 10.0 Å². The van der Waals surface area contributed by atoms with E-state index in [1.165, 1.54) is 4.31 Å². The lowest BCUT2D eigenvalue weighted by atomic mass is 9.96. The number of ether oxygens (including phenoxy) is 1. The van der Waals surface area contributed by atoms with Gasteiger partial charge in [0.05, 0.1) is 25.1 Å². The van der Waals surface area contributed by atoms with E-state index in [0.29, 0.717) is 19.1 Å². The Labute approximate surface area is 115 Å². The molecule has 0 bridgehead atoms. The van der Waals surface area contributed by atoms with E-state index in [1.807, 2.05) is 0 Å². The molecular formula is C12H24N2O4S. The highest BCUT2D eigenvalue weighted by molar-refractivity contribution is 7.89.